The molecule has 0 spiro atoms. The number of hydrogen-bond donors (Lipinski definition) is 1. The number of amides is 1. The number of ether oxygens (including phenoxy) is 1. The molecule has 2 aromatic heterocycles. The van der Waals surface area contributed by atoms with Gasteiger partial charge in [0.05, 0.1) is 19.3 Å². The van der Waals surface area contributed by atoms with Gasteiger partial charge in [-0.15, -0.1) is 0 Å². The second kappa shape index (κ2) is 6.95. The Bertz CT molecular complexity index is 902. The van der Waals surface area contributed by atoms with Crippen LogP contribution in [-0.2, 0) is 11.3 Å². The van der Waals surface area contributed by atoms with Crippen LogP contribution in [0.5, 0.6) is 5.75 Å². The molecule has 0 unspecified atom stereocenters. The molecule has 3 rings (SSSR count). The highest BCUT2D eigenvalue weighted by atomic mass is 19.1. The van der Waals surface area contributed by atoms with Crippen molar-refractivity contribution in [2.24, 2.45) is 0 Å². The van der Waals surface area contributed by atoms with Crippen molar-refractivity contribution in [2.75, 3.05) is 7.11 Å². The minimum atomic E-state index is -0.336. The number of fused-ring (bicyclic) bond motifs is 1. The highest BCUT2D eigenvalue weighted by molar-refractivity contribution is 5.91. The highest BCUT2D eigenvalue weighted by Gasteiger charge is 2.04. The molecule has 0 fully saturated rings. The van der Waals surface area contributed by atoms with Gasteiger partial charge in [-0.3, -0.25) is 4.79 Å². The predicted octanol–water partition coefficient (Wildman–Crippen LogP) is 2.81. The van der Waals surface area contributed by atoms with Crippen LogP contribution >= 0.6 is 0 Å². The van der Waals surface area contributed by atoms with Gasteiger partial charge >= 0.3 is 0 Å². The third kappa shape index (κ3) is 3.78. The Morgan fingerprint density at radius 1 is 1.33 bits per heavy atom. The maximum Gasteiger partial charge on any atom is 0.244 e. The monoisotopic (exact) mass is 325 g/mol. The fourth-order valence-corrected chi connectivity index (χ4v) is 2.26. The van der Waals surface area contributed by atoms with Crippen molar-refractivity contribution in [3.05, 3.63) is 71.9 Å². The van der Waals surface area contributed by atoms with E-state index in [1.54, 1.807) is 29.8 Å². The largest absolute Gasteiger partial charge is 0.497 e. The first-order valence-corrected chi connectivity index (χ1v) is 7.37. The van der Waals surface area contributed by atoms with Crippen molar-refractivity contribution >= 4 is 17.6 Å². The molecule has 0 radical (unpaired) electrons. The summed E-state index contributed by atoms with van der Waals surface area (Å²) in [6.45, 7) is 0.268. The quantitative estimate of drug-likeness (QED) is 0.734. The molecule has 0 aliphatic heterocycles. The lowest BCUT2D eigenvalue weighted by Gasteiger charge is -2.00. The number of pyridine rings is 1. The number of halogens is 1. The maximum absolute atomic E-state index is 13.1. The highest BCUT2D eigenvalue weighted by Crippen LogP contribution is 2.13. The van der Waals surface area contributed by atoms with Gasteiger partial charge in [0.25, 0.3) is 0 Å². The summed E-state index contributed by atoms with van der Waals surface area (Å²) in [5.41, 5.74) is 2.16. The summed E-state index contributed by atoms with van der Waals surface area (Å²) in [5, 5.41) is 2.75. The molecule has 5 nitrogen and oxygen atoms in total. The number of rotatable bonds is 5. The van der Waals surface area contributed by atoms with Crippen molar-refractivity contribution in [1.29, 1.82) is 0 Å². The molecular weight excluding hydrogens is 309 g/mol. The van der Waals surface area contributed by atoms with Crippen LogP contribution in [0.2, 0.25) is 0 Å². The standard InChI is InChI=1S/C18H16FN3O2/c1-24-16-4-2-3-13(9-16)5-8-18(23)20-10-15-12-22-11-14(19)6-7-17(22)21-15/h2-9,11-12H,10H2,1H3,(H,20,23)/b8-5+. The first kappa shape index (κ1) is 15.7. The molecule has 0 atom stereocenters. The molecule has 0 bridgehead atoms. The van der Waals surface area contributed by atoms with E-state index in [4.69, 9.17) is 4.74 Å². The van der Waals surface area contributed by atoms with E-state index in [0.717, 1.165) is 11.3 Å². The van der Waals surface area contributed by atoms with Crippen LogP contribution in [0.1, 0.15) is 11.3 Å². The van der Waals surface area contributed by atoms with Crippen molar-refractivity contribution in [2.45, 2.75) is 6.54 Å². The maximum atomic E-state index is 13.1. The van der Waals surface area contributed by atoms with Crippen LogP contribution in [0.25, 0.3) is 11.7 Å². The van der Waals surface area contributed by atoms with Crippen molar-refractivity contribution in [3.8, 4) is 5.75 Å². The van der Waals surface area contributed by atoms with E-state index in [9.17, 15) is 9.18 Å². The van der Waals surface area contributed by atoms with E-state index in [0.29, 0.717) is 11.3 Å². The van der Waals surface area contributed by atoms with E-state index >= 15 is 0 Å². The predicted molar refractivity (Wildman–Crippen MR) is 89.0 cm³/mol. The lowest BCUT2D eigenvalue weighted by molar-refractivity contribution is -0.116. The Morgan fingerprint density at radius 2 is 2.21 bits per heavy atom. The summed E-state index contributed by atoms with van der Waals surface area (Å²) in [4.78, 5) is 16.2. The van der Waals surface area contributed by atoms with E-state index < -0.39 is 0 Å². The number of carbonyl (C=O) groups excluding carboxylic acids is 1. The Hall–Kier alpha value is -3.15. The fourth-order valence-electron chi connectivity index (χ4n) is 2.26. The number of nitrogens with one attached hydrogen (secondary N) is 1. The topological polar surface area (TPSA) is 55.6 Å². The third-order valence-corrected chi connectivity index (χ3v) is 3.43. The van der Waals surface area contributed by atoms with Gasteiger partial charge in [-0.2, -0.15) is 0 Å². The zero-order valence-electron chi connectivity index (χ0n) is 13.1. The number of carbonyl (C=O) groups is 1. The lowest BCUT2D eigenvalue weighted by atomic mass is 10.2. The first-order chi connectivity index (χ1) is 11.6. The third-order valence-electron chi connectivity index (χ3n) is 3.43. The molecule has 1 N–H and O–H groups in total. The molecule has 0 saturated heterocycles. The Morgan fingerprint density at radius 3 is 3.04 bits per heavy atom. The number of methoxy groups -OCH3 is 1. The van der Waals surface area contributed by atoms with E-state index in [1.165, 1.54) is 18.3 Å². The van der Waals surface area contributed by atoms with Crippen LogP contribution in [0.15, 0.2) is 54.9 Å². The summed E-state index contributed by atoms with van der Waals surface area (Å²) < 4.78 is 19.9. The molecule has 0 saturated carbocycles. The van der Waals surface area contributed by atoms with Crippen molar-refractivity contribution < 1.29 is 13.9 Å². The van der Waals surface area contributed by atoms with E-state index in [2.05, 4.69) is 10.3 Å². The zero-order valence-corrected chi connectivity index (χ0v) is 13.1. The van der Waals surface area contributed by atoms with E-state index in [-0.39, 0.29) is 18.3 Å². The minimum Gasteiger partial charge on any atom is -0.497 e. The molecule has 6 heteroatoms. The Labute approximate surface area is 138 Å². The van der Waals surface area contributed by atoms with Gasteiger partial charge in [-0.1, -0.05) is 12.1 Å². The first-order valence-electron chi connectivity index (χ1n) is 7.37. The normalized spacial score (nSPS) is 11.1. The van der Waals surface area contributed by atoms with Gasteiger partial charge in [-0.25, -0.2) is 9.37 Å². The second-order valence-electron chi connectivity index (χ2n) is 5.17. The Balaban J connectivity index is 1.60. The van der Waals surface area contributed by atoms with Crippen LogP contribution in [0, 0.1) is 5.82 Å². The Kier molecular flexibility index (Phi) is 4.56. The van der Waals surface area contributed by atoms with Crippen molar-refractivity contribution in [1.82, 2.24) is 14.7 Å². The molecule has 2 heterocycles. The lowest BCUT2D eigenvalue weighted by Crippen LogP contribution is -2.20. The van der Waals surface area contributed by atoms with Crippen LogP contribution < -0.4 is 10.1 Å². The summed E-state index contributed by atoms with van der Waals surface area (Å²) in [6, 6.07) is 10.3. The average Bonchev–Trinajstić information content (AvgIpc) is 3.00. The van der Waals surface area contributed by atoms with E-state index in [1.807, 2.05) is 24.3 Å². The zero-order chi connectivity index (χ0) is 16.9. The van der Waals surface area contributed by atoms with Crippen molar-refractivity contribution in [3.63, 3.8) is 0 Å². The van der Waals surface area contributed by atoms with Crippen LogP contribution in [0.4, 0.5) is 4.39 Å². The summed E-state index contributed by atoms with van der Waals surface area (Å²) in [6.07, 6.45) is 6.18. The van der Waals surface area contributed by atoms with Crippen LogP contribution in [-0.4, -0.2) is 22.4 Å². The SMILES string of the molecule is COc1cccc(/C=C/C(=O)NCc2cn3cc(F)ccc3n2)c1. The van der Waals surface area contributed by atoms with Gasteiger partial charge in [-0.05, 0) is 35.9 Å². The second-order valence-corrected chi connectivity index (χ2v) is 5.17. The van der Waals surface area contributed by atoms with Gasteiger partial charge in [0, 0.05) is 18.5 Å². The molecule has 0 aliphatic rings. The number of nitrogens with zero attached hydrogens (tertiary/aromatic N) is 2. The van der Waals surface area contributed by atoms with Gasteiger partial charge in [0.1, 0.15) is 17.2 Å². The summed E-state index contributed by atoms with van der Waals surface area (Å²) >= 11 is 0. The molecular formula is C18H16FN3O2. The number of aromatic nitrogens is 2. The number of imidazole rings is 1. The van der Waals surface area contributed by atoms with Gasteiger partial charge < -0.3 is 14.5 Å². The van der Waals surface area contributed by atoms with Gasteiger partial charge in [0.15, 0.2) is 0 Å². The number of benzene rings is 1. The molecule has 1 amide bonds. The molecule has 0 aliphatic carbocycles. The molecule has 3 aromatic rings. The minimum absolute atomic E-state index is 0.235. The molecule has 1 aromatic carbocycles. The molecule has 24 heavy (non-hydrogen) atoms. The molecule has 122 valence electrons. The average molecular weight is 325 g/mol. The summed E-state index contributed by atoms with van der Waals surface area (Å²) in [7, 11) is 1.59. The fraction of sp³-hybridized carbons (Fsp3) is 0.111. The van der Waals surface area contributed by atoms with Gasteiger partial charge in [0.2, 0.25) is 5.91 Å². The summed E-state index contributed by atoms with van der Waals surface area (Å²) in [5.74, 6) is 0.159. The number of hydrogen-bond acceptors (Lipinski definition) is 3. The van der Waals surface area contributed by atoms with Crippen LogP contribution in [0.3, 0.4) is 0 Å². The smallest absolute Gasteiger partial charge is 0.244 e.